The van der Waals surface area contributed by atoms with Crippen LogP contribution in [0.4, 0.5) is 0 Å². The van der Waals surface area contributed by atoms with Crippen LogP contribution in [0.15, 0.2) is 18.2 Å². The number of benzene rings is 1. The molecule has 4 heteroatoms. The SMILES string of the molecule is C#Cc1ccc(C(=O)NC)c(C(=O)O)c1. The molecule has 0 radical (unpaired) electrons. The van der Waals surface area contributed by atoms with Crippen LogP contribution in [-0.2, 0) is 0 Å². The van der Waals surface area contributed by atoms with Gasteiger partial charge in [0.25, 0.3) is 5.91 Å². The van der Waals surface area contributed by atoms with Gasteiger partial charge < -0.3 is 10.4 Å². The van der Waals surface area contributed by atoms with Crippen molar-refractivity contribution in [3.63, 3.8) is 0 Å². The van der Waals surface area contributed by atoms with Gasteiger partial charge >= 0.3 is 5.97 Å². The summed E-state index contributed by atoms with van der Waals surface area (Å²) in [4.78, 5) is 22.2. The number of carboxylic acid groups (broad SMARTS) is 1. The van der Waals surface area contributed by atoms with Crippen molar-refractivity contribution in [3.8, 4) is 12.3 Å². The van der Waals surface area contributed by atoms with E-state index in [1.54, 1.807) is 0 Å². The second-order valence-corrected chi connectivity index (χ2v) is 2.79. The molecule has 1 aromatic carbocycles. The summed E-state index contributed by atoms with van der Waals surface area (Å²) in [5.74, 6) is 0.688. The highest BCUT2D eigenvalue weighted by atomic mass is 16.4. The van der Waals surface area contributed by atoms with E-state index in [2.05, 4.69) is 11.2 Å². The van der Waals surface area contributed by atoms with Gasteiger partial charge in [0, 0.05) is 12.6 Å². The second-order valence-electron chi connectivity index (χ2n) is 2.79. The summed E-state index contributed by atoms with van der Waals surface area (Å²) in [6.45, 7) is 0. The van der Waals surface area contributed by atoms with E-state index in [0.717, 1.165) is 0 Å². The van der Waals surface area contributed by atoms with Gasteiger partial charge in [0.2, 0.25) is 0 Å². The van der Waals surface area contributed by atoms with Crippen molar-refractivity contribution in [1.29, 1.82) is 0 Å². The number of aromatic carboxylic acids is 1. The fraction of sp³-hybridized carbons (Fsp3) is 0.0909. The van der Waals surface area contributed by atoms with Gasteiger partial charge in [-0.15, -0.1) is 6.42 Å². The van der Waals surface area contributed by atoms with Crippen LogP contribution in [0.2, 0.25) is 0 Å². The minimum absolute atomic E-state index is 0.0928. The van der Waals surface area contributed by atoms with E-state index in [9.17, 15) is 9.59 Å². The van der Waals surface area contributed by atoms with E-state index in [4.69, 9.17) is 11.5 Å². The molecule has 0 atom stereocenters. The Kier molecular flexibility index (Phi) is 3.09. The maximum absolute atomic E-state index is 11.3. The molecule has 0 aliphatic carbocycles. The largest absolute Gasteiger partial charge is 0.478 e. The van der Waals surface area contributed by atoms with Crippen LogP contribution in [0, 0.1) is 12.3 Å². The molecule has 0 aliphatic rings. The van der Waals surface area contributed by atoms with Gasteiger partial charge in [-0.05, 0) is 18.2 Å². The Morgan fingerprint density at radius 2 is 2.07 bits per heavy atom. The molecule has 0 spiro atoms. The molecule has 4 nitrogen and oxygen atoms in total. The molecular weight excluding hydrogens is 194 g/mol. The average molecular weight is 203 g/mol. The monoisotopic (exact) mass is 203 g/mol. The first-order valence-corrected chi connectivity index (χ1v) is 4.16. The van der Waals surface area contributed by atoms with Crippen LogP contribution in [-0.4, -0.2) is 24.0 Å². The molecule has 0 saturated carbocycles. The molecule has 0 bridgehead atoms. The van der Waals surface area contributed by atoms with E-state index in [0.29, 0.717) is 5.56 Å². The van der Waals surface area contributed by atoms with Crippen LogP contribution in [0.3, 0.4) is 0 Å². The highest BCUT2D eigenvalue weighted by Crippen LogP contribution is 2.11. The van der Waals surface area contributed by atoms with E-state index in [-0.39, 0.29) is 11.1 Å². The Bertz CT molecular complexity index is 457. The van der Waals surface area contributed by atoms with Crippen molar-refractivity contribution in [2.45, 2.75) is 0 Å². The van der Waals surface area contributed by atoms with E-state index in [1.807, 2.05) is 0 Å². The predicted octanol–water partition coefficient (Wildman–Crippen LogP) is 0.726. The molecule has 15 heavy (non-hydrogen) atoms. The molecule has 76 valence electrons. The lowest BCUT2D eigenvalue weighted by Gasteiger charge is -2.04. The highest BCUT2D eigenvalue weighted by Gasteiger charge is 2.15. The average Bonchev–Trinajstić information content (AvgIpc) is 2.27. The first-order valence-electron chi connectivity index (χ1n) is 4.16. The number of amides is 1. The zero-order chi connectivity index (χ0) is 11.4. The summed E-state index contributed by atoms with van der Waals surface area (Å²) in [5, 5.41) is 11.2. The standard InChI is InChI=1S/C11H9NO3/c1-3-7-4-5-8(10(13)12-2)9(6-7)11(14)15/h1,4-6H,2H3,(H,12,13)(H,14,15). The third-order valence-electron chi connectivity index (χ3n) is 1.89. The number of carbonyl (C=O) groups excluding carboxylic acids is 1. The van der Waals surface area contributed by atoms with E-state index in [1.165, 1.54) is 25.2 Å². The Balaban J connectivity index is 3.35. The molecule has 1 aromatic rings. The summed E-state index contributed by atoms with van der Waals surface area (Å²) in [7, 11) is 1.43. The van der Waals surface area contributed by atoms with Crippen molar-refractivity contribution < 1.29 is 14.7 Å². The summed E-state index contributed by atoms with van der Waals surface area (Å²) >= 11 is 0. The molecule has 0 aliphatic heterocycles. The Labute approximate surface area is 86.9 Å². The first-order chi connectivity index (χ1) is 7.10. The summed E-state index contributed by atoms with van der Waals surface area (Å²) < 4.78 is 0. The Hall–Kier alpha value is -2.28. The topological polar surface area (TPSA) is 66.4 Å². The van der Waals surface area contributed by atoms with Gasteiger partial charge in [0.15, 0.2) is 0 Å². The molecule has 1 rings (SSSR count). The minimum Gasteiger partial charge on any atom is -0.478 e. The molecule has 0 aromatic heterocycles. The number of carbonyl (C=O) groups is 2. The van der Waals surface area contributed by atoms with Crippen molar-refractivity contribution in [1.82, 2.24) is 5.32 Å². The lowest BCUT2D eigenvalue weighted by molar-refractivity contribution is 0.0691. The van der Waals surface area contributed by atoms with Gasteiger partial charge in [0.05, 0.1) is 11.1 Å². The van der Waals surface area contributed by atoms with Crippen molar-refractivity contribution >= 4 is 11.9 Å². The molecule has 0 fully saturated rings. The van der Waals surface area contributed by atoms with Crippen molar-refractivity contribution in [2.75, 3.05) is 7.05 Å². The normalized spacial score (nSPS) is 9.07. The van der Waals surface area contributed by atoms with Gasteiger partial charge in [-0.25, -0.2) is 4.79 Å². The number of hydrogen-bond donors (Lipinski definition) is 2. The van der Waals surface area contributed by atoms with Crippen LogP contribution in [0.5, 0.6) is 0 Å². The molecule has 0 saturated heterocycles. The third kappa shape index (κ3) is 2.15. The zero-order valence-electron chi connectivity index (χ0n) is 8.07. The maximum atomic E-state index is 11.3. The molecule has 2 N–H and O–H groups in total. The molecule has 0 unspecified atom stereocenters. The highest BCUT2D eigenvalue weighted by molar-refractivity contribution is 6.04. The number of rotatable bonds is 2. The van der Waals surface area contributed by atoms with Gasteiger partial charge in [-0.3, -0.25) is 4.79 Å². The van der Waals surface area contributed by atoms with Crippen molar-refractivity contribution in [2.24, 2.45) is 0 Å². The number of hydrogen-bond acceptors (Lipinski definition) is 2. The van der Waals surface area contributed by atoms with Gasteiger partial charge in [0.1, 0.15) is 0 Å². The van der Waals surface area contributed by atoms with Crippen LogP contribution in [0.1, 0.15) is 26.3 Å². The number of carboxylic acids is 1. The van der Waals surface area contributed by atoms with Crippen molar-refractivity contribution in [3.05, 3.63) is 34.9 Å². The summed E-state index contributed by atoms with van der Waals surface area (Å²) in [6, 6.07) is 4.22. The first kappa shape index (κ1) is 10.8. The lowest BCUT2D eigenvalue weighted by atomic mass is 10.0. The van der Waals surface area contributed by atoms with Crippen LogP contribution in [0.25, 0.3) is 0 Å². The summed E-state index contributed by atoms with van der Waals surface area (Å²) in [6.07, 6.45) is 5.13. The molecule has 1 amide bonds. The predicted molar refractivity (Wildman–Crippen MR) is 54.7 cm³/mol. The minimum atomic E-state index is -1.18. The van der Waals surface area contributed by atoms with E-state index >= 15 is 0 Å². The maximum Gasteiger partial charge on any atom is 0.336 e. The quantitative estimate of drug-likeness (QED) is 0.696. The van der Waals surface area contributed by atoms with E-state index < -0.39 is 11.9 Å². The Morgan fingerprint density at radius 3 is 2.53 bits per heavy atom. The smallest absolute Gasteiger partial charge is 0.336 e. The summed E-state index contributed by atoms with van der Waals surface area (Å²) in [5.41, 5.74) is 0.439. The fourth-order valence-corrected chi connectivity index (χ4v) is 1.14. The molecular formula is C11H9NO3. The zero-order valence-corrected chi connectivity index (χ0v) is 8.07. The number of terminal acetylenes is 1. The third-order valence-corrected chi connectivity index (χ3v) is 1.89. The van der Waals surface area contributed by atoms with Gasteiger partial charge in [-0.2, -0.15) is 0 Å². The van der Waals surface area contributed by atoms with Crippen LogP contribution >= 0.6 is 0 Å². The number of nitrogens with one attached hydrogen (secondary N) is 1. The fourth-order valence-electron chi connectivity index (χ4n) is 1.14. The van der Waals surface area contributed by atoms with Crippen LogP contribution < -0.4 is 5.32 Å². The lowest BCUT2D eigenvalue weighted by Crippen LogP contribution is -2.21. The Morgan fingerprint density at radius 1 is 1.40 bits per heavy atom. The van der Waals surface area contributed by atoms with Gasteiger partial charge in [-0.1, -0.05) is 5.92 Å². The second kappa shape index (κ2) is 4.29. The molecule has 0 heterocycles.